The van der Waals surface area contributed by atoms with Crippen molar-refractivity contribution in [2.45, 2.75) is 18.4 Å². The van der Waals surface area contributed by atoms with Crippen molar-refractivity contribution < 1.29 is 12.8 Å². The van der Waals surface area contributed by atoms with E-state index in [0.29, 0.717) is 15.9 Å². The molecule has 0 spiro atoms. The second kappa shape index (κ2) is 5.59. The molecule has 7 heteroatoms. The van der Waals surface area contributed by atoms with Gasteiger partial charge in [-0.1, -0.05) is 0 Å². The highest BCUT2D eigenvalue weighted by molar-refractivity contribution is 9.10. The van der Waals surface area contributed by atoms with Crippen molar-refractivity contribution in [1.29, 1.82) is 0 Å². The Bertz CT molecular complexity index is 725. The number of halogens is 1. The summed E-state index contributed by atoms with van der Waals surface area (Å²) in [7, 11) is -2.09. The van der Waals surface area contributed by atoms with Crippen LogP contribution in [0.2, 0.25) is 0 Å². The van der Waals surface area contributed by atoms with Gasteiger partial charge in [0.05, 0.1) is 11.4 Å². The maximum Gasteiger partial charge on any atom is 0.243 e. The van der Waals surface area contributed by atoms with Crippen molar-refractivity contribution in [3.05, 3.63) is 46.3 Å². The third-order valence-electron chi connectivity index (χ3n) is 2.85. The van der Waals surface area contributed by atoms with E-state index in [1.807, 2.05) is 6.92 Å². The van der Waals surface area contributed by atoms with Crippen LogP contribution in [0.4, 0.5) is 5.69 Å². The summed E-state index contributed by atoms with van der Waals surface area (Å²) in [4.78, 5) is 0.156. The molecule has 0 unspecified atom stereocenters. The first-order valence-electron chi connectivity index (χ1n) is 5.87. The average molecular weight is 359 g/mol. The quantitative estimate of drug-likeness (QED) is 0.852. The maximum absolute atomic E-state index is 12.4. The first kappa shape index (κ1) is 15.1. The largest absolute Gasteiger partial charge is 0.465 e. The molecule has 0 saturated heterocycles. The van der Waals surface area contributed by atoms with Gasteiger partial charge in [0.1, 0.15) is 11.5 Å². The zero-order valence-electron chi connectivity index (χ0n) is 11.1. The number of hydrogen-bond acceptors (Lipinski definition) is 4. The highest BCUT2D eigenvalue weighted by Gasteiger charge is 2.22. The summed E-state index contributed by atoms with van der Waals surface area (Å²) in [5.74, 6) is 1.34. The predicted octanol–water partition coefficient (Wildman–Crippen LogP) is 2.75. The third-order valence-corrected chi connectivity index (χ3v) is 5.37. The van der Waals surface area contributed by atoms with Crippen molar-refractivity contribution in [2.24, 2.45) is 0 Å². The minimum absolute atomic E-state index is 0.156. The number of nitrogens with zero attached hydrogens (tertiary/aromatic N) is 1. The van der Waals surface area contributed by atoms with E-state index >= 15 is 0 Å². The normalized spacial score (nSPS) is 12.0. The summed E-state index contributed by atoms with van der Waals surface area (Å²) in [6.07, 6.45) is 0. The lowest BCUT2D eigenvalue weighted by molar-refractivity contribution is 0.397. The Balaban J connectivity index is 2.27. The van der Waals surface area contributed by atoms with Gasteiger partial charge in [0, 0.05) is 17.2 Å². The van der Waals surface area contributed by atoms with Crippen molar-refractivity contribution in [3.8, 4) is 0 Å². The van der Waals surface area contributed by atoms with Gasteiger partial charge in [-0.3, -0.25) is 0 Å². The standard InChI is InChI=1S/C13H15BrN2O3S/c1-9-3-4-10(19-9)8-16(2)20(17,18)11-5-6-12(14)13(15)7-11/h3-7H,8,15H2,1-2H3. The van der Waals surface area contributed by atoms with Gasteiger partial charge in [-0.2, -0.15) is 4.31 Å². The molecule has 108 valence electrons. The molecular formula is C13H15BrN2O3S. The number of rotatable bonds is 4. The minimum Gasteiger partial charge on any atom is -0.465 e. The van der Waals surface area contributed by atoms with E-state index in [2.05, 4.69) is 15.9 Å². The molecule has 2 aromatic rings. The first-order chi connectivity index (χ1) is 9.30. The second-order valence-corrected chi connectivity index (χ2v) is 7.36. The van der Waals surface area contributed by atoms with E-state index in [4.69, 9.17) is 10.2 Å². The summed E-state index contributed by atoms with van der Waals surface area (Å²) in [5, 5.41) is 0. The monoisotopic (exact) mass is 358 g/mol. The SMILES string of the molecule is Cc1ccc(CN(C)S(=O)(=O)c2ccc(Br)c(N)c2)o1. The van der Waals surface area contributed by atoms with Crippen LogP contribution >= 0.6 is 15.9 Å². The fraction of sp³-hybridized carbons (Fsp3) is 0.231. The van der Waals surface area contributed by atoms with E-state index in [0.717, 1.165) is 5.76 Å². The van der Waals surface area contributed by atoms with Gasteiger partial charge in [-0.05, 0) is 53.2 Å². The number of benzene rings is 1. The van der Waals surface area contributed by atoms with Gasteiger partial charge in [-0.25, -0.2) is 8.42 Å². The van der Waals surface area contributed by atoms with Gasteiger partial charge >= 0.3 is 0 Å². The van der Waals surface area contributed by atoms with Crippen LogP contribution in [0.25, 0.3) is 0 Å². The Morgan fingerprint density at radius 3 is 2.55 bits per heavy atom. The fourth-order valence-corrected chi connectivity index (χ4v) is 3.16. The summed E-state index contributed by atoms with van der Waals surface area (Å²) in [6.45, 7) is 1.99. The summed E-state index contributed by atoms with van der Waals surface area (Å²) < 4.78 is 32.1. The molecule has 0 atom stereocenters. The van der Waals surface area contributed by atoms with Gasteiger partial charge in [0.2, 0.25) is 10.0 Å². The molecule has 0 aliphatic carbocycles. The van der Waals surface area contributed by atoms with Crippen LogP contribution in [-0.2, 0) is 16.6 Å². The van der Waals surface area contributed by atoms with E-state index < -0.39 is 10.0 Å². The van der Waals surface area contributed by atoms with Crippen LogP contribution in [0.15, 0.2) is 44.1 Å². The molecule has 5 nitrogen and oxygen atoms in total. The topological polar surface area (TPSA) is 76.5 Å². The molecule has 1 aromatic heterocycles. The molecule has 0 fully saturated rings. The van der Waals surface area contributed by atoms with E-state index in [1.165, 1.54) is 23.5 Å². The molecule has 2 rings (SSSR count). The van der Waals surface area contributed by atoms with Crippen LogP contribution < -0.4 is 5.73 Å². The number of sulfonamides is 1. The second-order valence-electron chi connectivity index (χ2n) is 4.46. The Kier molecular flexibility index (Phi) is 4.22. The Labute approximate surface area is 126 Å². The molecule has 1 aromatic carbocycles. The van der Waals surface area contributed by atoms with Crippen molar-refractivity contribution >= 4 is 31.6 Å². The molecule has 0 aliphatic rings. The lowest BCUT2D eigenvalue weighted by Crippen LogP contribution is -2.26. The summed E-state index contributed by atoms with van der Waals surface area (Å²) >= 11 is 3.24. The number of hydrogen-bond donors (Lipinski definition) is 1. The molecule has 0 aliphatic heterocycles. The van der Waals surface area contributed by atoms with Crippen LogP contribution in [0, 0.1) is 6.92 Å². The minimum atomic E-state index is -3.59. The third kappa shape index (κ3) is 3.05. The van der Waals surface area contributed by atoms with Gasteiger partial charge in [-0.15, -0.1) is 0 Å². The molecule has 0 radical (unpaired) electrons. The van der Waals surface area contributed by atoms with E-state index in [9.17, 15) is 8.42 Å². The molecule has 0 saturated carbocycles. The Morgan fingerprint density at radius 2 is 2.00 bits per heavy atom. The average Bonchev–Trinajstić information content (AvgIpc) is 2.78. The zero-order chi connectivity index (χ0) is 14.9. The van der Waals surface area contributed by atoms with E-state index in [-0.39, 0.29) is 11.4 Å². The highest BCUT2D eigenvalue weighted by Crippen LogP contribution is 2.25. The molecule has 20 heavy (non-hydrogen) atoms. The maximum atomic E-state index is 12.4. The number of nitrogen functional groups attached to an aromatic ring is 1. The highest BCUT2D eigenvalue weighted by atomic mass is 79.9. The lowest BCUT2D eigenvalue weighted by atomic mass is 10.3. The number of anilines is 1. The van der Waals surface area contributed by atoms with Crippen LogP contribution in [0.1, 0.15) is 11.5 Å². The molecule has 0 amide bonds. The molecular weight excluding hydrogens is 344 g/mol. The fourth-order valence-electron chi connectivity index (χ4n) is 1.74. The smallest absolute Gasteiger partial charge is 0.243 e. The molecule has 2 N–H and O–H groups in total. The first-order valence-corrected chi connectivity index (χ1v) is 8.10. The predicted molar refractivity (Wildman–Crippen MR) is 80.7 cm³/mol. The van der Waals surface area contributed by atoms with E-state index in [1.54, 1.807) is 18.2 Å². The van der Waals surface area contributed by atoms with Crippen molar-refractivity contribution in [1.82, 2.24) is 4.31 Å². The zero-order valence-corrected chi connectivity index (χ0v) is 13.5. The number of furan rings is 1. The van der Waals surface area contributed by atoms with Crippen LogP contribution in [0.5, 0.6) is 0 Å². The van der Waals surface area contributed by atoms with Gasteiger partial charge in [0.25, 0.3) is 0 Å². The summed E-state index contributed by atoms with van der Waals surface area (Å²) in [6, 6.07) is 8.13. The van der Waals surface area contributed by atoms with Crippen LogP contribution in [-0.4, -0.2) is 19.8 Å². The van der Waals surface area contributed by atoms with Gasteiger partial charge in [0.15, 0.2) is 0 Å². The molecule has 0 bridgehead atoms. The lowest BCUT2D eigenvalue weighted by Gasteiger charge is -2.16. The Morgan fingerprint density at radius 1 is 1.30 bits per heavy atom. The molecule has 1 heterocycles. The van der Waals surface area contributed by atoms with Crippen molar-refractivity contribution in [3.63, 3.8) is 0 Å². The number of nitrogens with two attached hydrogens (primary N) is 1. The number of aryl methyl sites for hydroxylation is 1. The van der Waals surface area contributed by atoms with Crippen molar-refractivity contribution in [2.75, 3.05) is 12.8 Å². The van der Waals surface area contributed by atoms with Gasteiger partial charge < -0.3 is 10.2 Å². The van der Waals surface area contributed by atoms with Crippen LogP contribution in [0.3, 0.4) is 0 Å². The Hall–Kier alpha value is -1.31. The summed E-state index contributed by atoms with van der Waals surface area (Å²) in [5.41, 5.74) is 6.11.